The van der Waals surface area contributed by atoms with Crippen LogP contribution in [-0.2, 0) is 9.53 Å². The molecule has 1 aromatic carbocycles. The Balaban J connectivity index is 2.10. The summed E-state index contributed by atoms with van der Waals surface area (Å²) >= 11 is 0. The Morgan fingerprint density at radius 3 is 2.52 bits per heavy atom. The van der Waals surface area contributed by atoms with E-state index in [0.717, 1.165) is 12.0 Å². The van der Waals surface area contributed by atoms with Crippen molar-refractivity contribution in [3.63, 3.8) is 0 Å². The van der Waals surface area contributed by atoms with Crippen LogP contribution in [0.5, 0.6) is 0 Å². The zero-order chi connectivity index (χ0) is 15.5. The monoisotopic (exact) mass is 290 g/mol. The highest BCUT2D eigenvalue weighted by atomic mass is 16.5. The first-order valence-electron chi connectivity index (χ1n) is 7.55. The largest absolute Gasteiger partial charge is 0.379 e. The van der Waals surface area contributed by atoms with Crippen LogP contribution in [0.2, 0.25) is 0 Å². The first-order chi connectivity index (χ1) is 9.87. The van der Waals surface area contributed by atoms with Gasteiger partial charge in [-0.2, -0.15) is 0 Å². The Labute approximate surface area is 127 Å². The van der Waals surface area contributed by atoms with Crippen molar-refractivity contribution >= 4 is 5.91 Å². The van der Waals surface area contributed by atoms with E-state index in [-0.39, 0.29) is 29.3 Å². The van der Waals surface area contributed by atoms with Crippen LogP contribution in [0.15, 0.2) is 30.3 Å². The topological polar surface area (TPSA) is 64.3 Å². The molecule has 1 heterocycles. The van der Waals surface area contributed by atoms with Crippen LogP contribution < -0.4 is 11.1 Å². The maximum absolute atomic E-state index is 12.5. The highest BCUT2D eigenvalue weighted by Crippen LogP contribution is 2.30. The number of hydrogen-bond acceptors (Lipinski definition) is 3. The van der Waals surface area contributed by atoms with Crippen molar-refractivity contribution in [2.45, 2.75) is 39.3 Å². The fourth-order valence-electron chi connectivity index (χ4n) is 2.67. The third-order valence-electron chi connectivity index (χ3n) is 3.80. The van der Waals surface area contributed by atoms with Crippen molar-refractivity contribution in [2.24, 2.45) is 17.1 Å². The van der Waals surface area contributed by atoms with Gasteiger partial charge in [0.05, 0.1) is 25.2 Å². The summed E-state index contributed by atoms with van der Waals surface area (Å²) < 4.78 is 5.29. The average Bonchev–Trinajstić information content (AvgIpc) is 2.84. The van der Waals surface area contributed by atoms with Gasteiger partial charge in [0.15, 0.2) is 0 Å². The van der Waals surface area contributed by atoms with Crippen LogP contribution in [-0.4, -0.2) is 25.2 Å². The summed E-state index contributed by atoms with van der Waals surface area (Å²) in [6.07, 6.45) is 0.881. The van der Waals surface area contributed by atoms with Gasteiger partial charge in [-0.15, -0.1) is 0 Å². The third-order valence-corrected chi connectivity index (χ3v) is 3.80. The minimum Gasteiger partial charge on any atom is -0.379 e. The summed E-state index contributed by atoms with van der Waals surface area (Å²) in [5.74, 6) is -0.241. The van der Waals surface area contributed by atoms with E-state index in [1.54, 1.807) is 0 Å². The number of benzene rings is 1. The minimum absolute atomic E-state index is 0.00176. The van der Waals surface area contributed by atoms with Crippen molar-refractivity contribution < 1.29 is 9.53 Å². The molecule has 1 aromatic rings. The van der Waals surface area contributed by atoms with E-state index in [1.807, 2.05) is 18.2 Å². The van der Waals surface area contributed by atoms with Crippen LogP contribution in [0.4, 0.5) is 0 Å². The molecule has 1 aliphatic heterocycles. The maximum atomic E-state index is 12.5. The Hall–Kier alpha value is -1.39. The molecular weight excluding hydrogens is 264 g/mol. The van der Waals surface area contributed by atoms with Gasteiger partial charge in [-0.1, -0.05) is 51.1 Å². The zero-order valence-electron chi connectivity index (χ0n) is 13.1. The molecule has 21 heavy (non-hydrogen) atoms. The predicted octanol–water partition coefficient (Wildman–Crippen LogP) is 2.25. The lowest BCUT2D eigenvalue weighted by Gasteiger charge is -2.28. The molecule has 0 aliphatic carbocycles. The number of rotatable bonds is 4. The molecule has 0 radical (unpaired) electrons. The normalized spacial score (nSPS) is 23.8. The summed E-state index contributed by atoms with van der Waals surface area (Å²) in [7, 11) is 0. The molecule has 0 bridgehead atoms. The quantitative estimate of drug-likeness (QED) is 0.894. The fraction of sp³-hybridized carbons (Fsp3) is 0.588. The molecule has 0 spiro atoms. The molecule has 3 unspecified atom stereocenters. The molecule has 1 saturated heterocycles. The predicted molar refractivity (Wildman–Crippen MR) is 83.7 cm³/mol. The Kier molecular flexibility index (Phi) is 5.01. The molecule has 1 aliphatic rings. The molecular formula is C17H26N2O2. The summed E-state index contributed by atoms with van der Waals surface area (Å²) in [6, 6.07) is 9.91. The van der Waals surface area contributed by atoms with Crippen LogP contribution in [0, 0.1) is 11.3 Å². The maximum Gasteiger partial charge on any atom is 0.227 e. The molecule has 1 fully saturated rings. The summed E-state index contributed by atoms with van der Waals surface area (Å²) in [6.45, 7) is 7.43. The van der Waals surface area contributed by atoms with Crippen LogP contribution in [0.3, 0.4) is 0 Å². The molecule has 3 atom stereocenters. The number of nitrogens with two attached hydrogens (primary N) is 1. The molecule has 3 N–H and O–H groups in total. The number of carbonyl (C=O) groups is 1. The van der Waals surface area contributed by atoms with Crippen molar-refractivity contribution in [3.8, 4) is 0 Å². The number of carbonyl (C=O) groups excluding carboxylic acids is 1. The molecule has 4 nitrogen and oxygen atoms in total. The zero-order valence-corrected chi connectivity index (χ0v) is 13.1. The van der Waals surface area contributed by atoms with E-state index in [0.29, 0.717) is 13.2 Å². The van der Waals surface area contributed by atoms with Crippen LogP contribution in [0.1, 0.15) is 38.8 Å². The van der Waals surface area contributed by atoms with Gasteiger partial charge in [0, 0.05) is 6.04 Å². The van der Waals surface area contributed by atoms with E-state index < -0.39 is 0 Å². The molecule has 116 valence electrons. The highest BCUT2D eigenvalue weighted by Gasteiger charge is 2.33. The van der Waals surface area contributed by atoms with Gasteiger partial charge >= 0.3 is 0 Å². The standard InChI is InChI=1S/C17H26N2O2/c1-17(2,3)9-15(12-7-5-4-6-8-12)19-16(20)13-10-21-11-14(13)18/h4-8,13-15H,9-11,18H2,1-3H3,(H,19,20). The second-order valence-electron chi connectivity index (χ2n) is 7.04. The van der Waals surface area contributed by atoms with Crippen molar-refractivity contribution in [1.82, 2.24) is 5.32 Å². The van der Waals surface area contributed by atoms with E-state index in [9.17, 15) is 4.79 Å². The fourth-order valence-corrected chi connectivity index (χ4v) is 2.67. The van der Waals surface area contributed by atoms with E-state index in [4.69, 9.17) is 10.5 Å². The second kappa shape index (κ2) is 6.58. The van der Waals surface area contributed by atoms with Crippen LogP contribution in [0.25, 0.3) is 0 Å². The van der Waals surface area contributed by atoms with Gasteiger partial charge in [-0.3, -0.25) is 4.79 Å². The lowest BCUT2D eigenvalue weighted by atomic mass is 9.85. The summed E-state index contributed by atoms with van der Waals surface area (Å²) in [5, 5.41) is 3.16. The Morgan fingerprint density at radius 1 is 1.33 bits per heavy atom. The van der Waals surface area contributed by atoms with Crippen molar-refractivity contribution in [2.75, 3.05) is 13.2 Å². The van der Waals surface area contributed by atoms with Gasteiger partial charge in [0.25, 0.3) is 0 Å². The average molecular weight is 290 g/mol. The van der Waals surface area contributed by atoms with Crippen LogP contribution >= 0.6 is 0 Å². The molecule has 0 saturated carbocycles. The van der Waals surface area contributed by atoms with Gasteiger partial charge in [0.1, 0.15) is 0 Å². The Morgan fingerprint density at radius 2 is 2.00 bits per heavy atom. The summed E-state index contributed by atoms with van der Waals surface area (Å²) in [4.78, 5) is 12.5. The van der Waals surface area contributed by atoms with Crippen molar-refractivity contribution in [1.29, 1.82) is 0 Å². The molecule has 1 amide bonds. The van der Waals surface area contributed by atoms with Crippen molar-refractivity contribution in [3.05, 3.63) is 35.9 Å². The van der Waals surface area contributed by atoms with Gasteiger partial charge in [0.2, 0.25) is 5.91 Å². The highest BCUT2D eigenvalue weighted by molar-refractivity contribution is 5.80. The van der Waals surface area contributed by atoms with E-state index >= 15 is 0 Å². The first-order valence-corrected chi connectivity index (χ1v) is 7.55. The number of nitrogens with one attached hydrogen (secondary N) is 1. The van der Waals surface area contributed by atoms with E-state index in [1.165, 1.54) is 0 Å². The smallest absolute Gasteiger partial charge is 0.227 e. The van der Waals surface area contributed by atoms with Gasteiger partial charge in [-0.05, 0) is 17.4 Å². The third kappa shape index (κ3) is 4.55. The second-order valence-corrected chi connectivity index (χ2v) is 7.04. The number of hydrogen-bond donors (Lipinski definition) is 2. The lowest BCUT2D eigenvalue weighted by Crippen LogP contribution is -2.43. The molecule has 2 rings (SSSR count). The Bertz CT molecular complexity index is 467. The number of amides is 1. The SMILES string of the molecule is CC(C)(C)CC(NC(=O)C1COCC1N)c1ccccc1. The van der Waals surface area contributed by atoms with Gasteiger partial charge in [-0.25, -0.2) is 0 Å². The minimum atomic E-state index is -0.240. The molecule has 0 aromatic heterocycles. The summed E-state index contributed by atoms with van der Waals surface area (Å²) in [5.41, 5.74) is 7.20. The number of ether oxygens (including phenoxy) is 1. The lowest BCUT2D eigenvalue weighted by molar-refractivity contribution is -0.126. The van der Waals surface area contributed by atoms with Gasteiger partial charge < -0.3 is 15.8 Å². The first kappa shape index (κ1) is 16.0. The molecule has 4 heteroatoms. The van der Waals surface area contributed by atoms with E-state index in [2.05, 4.69) is 38.2 Å².